The molecule has 0 spiro atoms. The quantitative estimate of drug-likeness (QED) is 0.639. The number of amides is 2. The Balaban J connectivity index is 2.10. The lowest BCUT2D eigenvalue weighted by Gasteiger charge is -2.20. The van der Waals surface area contributed by atoms with Crippen molar-refractivity contribution in [1.29, 1.82) is 0 Å². The van der Waals surface area contributed by atoms with E-state index in [0.29, 0.717) is 6.42 Å². The highest BCUT2D eigenvalue weighted by atomic mass is 16.6. The van der Waals surface area contributed by atoms with Gasteiger partial charge in [-0.3, -0.25) is 19.9 Å². The Morgan fingerprint density at radius 1 is 1.57 bits per heavy atom. The molecule has 1 aliphatic rings. The second-order valence-electron chi connectivity index (χ2n) is 5.12. The van der Waals surface area contributed by atoms with Crippen LogP contribution in [0, 0.1) is 15.5 Å². The summed E-state index contributed by atoms with van der Waals surface area (Å²) >= 11 is 0. The van der Waals surface area contributed by atoms with Gasteiger partial charge in [0.05, 0.1) is 10.3 Å². The molecule has 2 rings (SSSR count). The highest BCUT2D eigenvalue weighted by Gasteiger charge is 2.42. The van der Waals surface area contributed by atoms with Gasteiger partial charge in [-0.25, -0.2) is 4.79 Å². The third kappa shape index (κ3) is 2.91. The number of pyridine rings is 1. The second kappa shape index (κ2) is 5.35. The molecule has 2 amide bonds. The number of anilines is 1. The van der Waals surface area contributed by atoms with Gasteiger partial charge < -0.3 is 15.3 Å². The van der Waals surface area contributed by atoms with E-state index in [1.807, 2.05) is 0 Å². The zero-order valence-corrected chi connectivity index (χ0v) is 11.3. The minimum absolute atomic E-state index is 0.0314. The molecule has 112 valence electrons. The normalized spacial score (nSPS) is 21.1. The standard InChI is InChI=1S/C12H14N4O5/c1-12(10(17)18)3-5-15(7-12)11(19)14-8-2-4-13-6-9(8)16(20)21/h2,4,6H,3,5,7H2,1H3,(H,17,18)(H,13,14,19). The van der Waals surface area contributed by atoms with Crippen molar-refractivity contribution in [3.8, 4) is 0 Å². The summed E-state index contributed by atoms with van der Waals surface area (Å²) in [5.74, 6) is -0.965. The number of aliphatic carboxylic acids is 1. The highest BCUT2D eigenvalue weighted by Crippen LogP contribution is 2.31. The maximum Gasteiger partial charge on any atom is 0.322 e. The first-order valence-corrected chi connectivity index (χ1v) is 6.21. The Kier molecular flexibility index (Phi) is 3.74. The molecular weight excluding hydrogens is 280 g/mol. The van der Waals surface area contributed by atoms with E-state index in [-0.39, 0.29) is 24.5 Å². The number of nitrogens with one attached hydrogen (secondary N) is 1. The van der Waals surface area contributed by atoms with Crippen LogP contribution >= 0.6 is 0 Å². The molecule has 0 radical (unpaired) electrons. The summed E-state index contributed by atoms with van der Waals surface area (Å²) in [4.78, 5) is 38.4. The molecule has 1 aromatic heterocycles. The molecule has 0 aliphatic carbocycles. The molecule has 1 saturated heterocycles. The molecule has 9 nitrogen and oxygen atoms in total. The number of hydrogen-bond acceptors (Lipinski definition) is 5. The van der Waals surface area contributed by atoms with Crippen LogP contribution in [0.1, 0.15) is 13.3 Å². The first-order chi connectivity index (χ1) is 9.83. The predicted octanol–water partition coefficient (Wildman–Crippen LogP) is 1.32. The number of carbonyl (C=O) groups excluding carboxylic acids is 1. The first kappa shape index (κ1) is 14.7. The van der Waals surface area contributed by atoms with Gasteiger partial charge in [0.1, 0.15) is 11.9 Å². The maximum absolute atomic E-state index is 12.1. The molecule has 9 heteroatoms. The molecule has 0 aromatic carbocycles. The number of likely N-dealkylation sites (tertiary alicyclic amines) is 1. The monoisotopic (exact) mass is 294 g/mol. The van der Waals surface area contributed by atoms with Gasteiger partial charge in [-0.2, -0.15) is 0 Å². The van der Waals surface area contributed by atoms with E-state index in [4.69, 9.17) is 5.11 Å². The summed E-state index contributed by atoms with van der Waals surface area (Å²) in [7, 11) is 0. The van der Waals surface area contributed by atoms with Crippen molar-refractivity contribution in [3.63, 3.8) is 0 Å². The summed E-state index contributed by atoms with van der Waals surface area (Å²) in [5, 5.41) is 22.4. The molecule has 1 aliphatic heterocycles. The third-order valence-electron chi connectivity index (χ3n) is 3.52. The van der Waals surface area contributed by atoms with Crippen LogP contribution in [0.4, 0.5) is 16.2 Å². The van der Waals surface area contributed by atoms with Crippen molar-refractivity contribution in [2.45, 2.75) is 13.3 Å². The molecule has 1 aromatic rings. The maximum atomic E-state index is 12.1. The summed E-state index contributed by atoms with van der Waals surface area (Å²) in [6, 6.07) is 0.761. The third-order valence-corrected chi connectivity index (χ3v) is 3.52. The van der Waals surface area contributed by atoms with E-state index in [1.165, 1.54) is 17.2 Å². The topological polar surface area (TPSA) is 126 Å². The predicted molar refractivity (Wildman–Crippen MR) is 71.8 cm³/mol. The number of nitro groups is 1. The van der Waals surface area contributed by atoms with E-state index >= 15 is 0 Å². The Labute approximate surface area is 119 Å². The van der Waals surface area contributed by atoms with E-state index in [2.05, 4.69) is 10.3 Å². The minimum atomic E-state index is -0.985. The number of rotatable bonds is 3. The molecule has 1 atom stereocenters. The summed E-state index contributed by atoms with van der Waals surface area (Å²) < 4.78 is 0. The molecule has 0 bridgehead atoms. The van der Waals surface area contributed by atoms with Crippen molar-refractivity contribution in [3.05, 3.63) is 28.6 Å². The van der Waals surface area contributed by atoms with Crippen LogP contribution in [-0.4, -0.2) is 45.0 Å². The van der Waals surface area contributed by atoms with Crippen LogP contribution in [0.25, 0.3) is 0 Å². The SMILES string of the molecule is CC1(C(=O)O)CCN(C(=O)Nc2ccncc2[N+](=O)[O-])C1. The Bertz CT molecular complexity index is 605. The summed E-state index contributed by atoms with van der Waals surface area (Å²) in [6.07, 6.45) is 2.71. The number of urea groups is 1. The highest BCUT2D eigenvalue weighted by molar-refractivity contribution is 5.92. The van der Waals surface area contributed by atoms with Crippen LogP contribution in [0.3, 0.4) is 0 Å². The number of nitrogens with zero attached hydrogens (tertiary/aromatic N) is 3. The molecule has 2 heterocycles. The average molecular weight is 294 g/mol. The lowest BCUT2D eigenvalue weighted by molar-refractivity contribution is -0.384. The van der Waals surface area contributed by atoms with Crippen LogP contribution < -0.4 is 5.32 Å². The Morgan fingerprint density at radius 3 is 2.86 bits per heavy atom. The lowest BCUT2D eigenvalue weighted by atomic mass is 9.90. The number of aromatic nitrogens is 1. The van der Waals surface area contributed by atoms with Crippen LogP contribution in [0.2, 0.25) is 0 Å². The number of carboxylic acids is 1. The zero-order chi connectivity index (χ0) is 15.6. The van der Waals surface area contributed by atoms with Crippen molar-refractivity contribution in [1.82, 2.24) is 9.88 Å². The summed E-state index contributed by atoms with van der Waals surface area (Å²) in [5.41, 5.74) is -1.27. The van der Waals surface area contributed by atoms with Gasteiger partial charge >= 0.3 is 17.7 Å². The Morgan fingerprint density at radius 2 is 2.29 bits per heavy atom. The number of carboxylic acid groups (broad SMARTS) is 1. The lowest BCUT2D eigenvalue weighted by Crippen LogP contribution is -2.37. The van der Waals surface area contributed by atoms with Crippen molar-refractivity contribution in [2.24, 2.45) is 5.41 Å². The number of hydrogen-bond donors (Lipinski definition) is 2. The largest absolute Gasteiger partial charge is 0.481 e. The smallest absolute Gasteiger partial charge is 0.322 e. The zero-order valence-electron chi connectivity index (χ0n) is 11.3. The van der Waals surface area contributed by atoms with Crippen molar-refractivity contribution >= 4 is 23.4 Å². The van der Waals surface area contributed by atoms with E-state index in [0.717, 1.165) is 6.20 Å². The van der Waals surface area contributed by atoms with Gasteiger partial charge in [0.25, 0.3) is 0 Å². The van der Waals surface area contributed by atoms with Crippen molar-refractivity contribution < 1.29 is 19.6 Å². The van der Waals surface area contributed by atoms with E-state index in [1.54, 1.807) is 6.92 Å². The molecular formula is C12H14N4O5. The van der Waals surface area contributed by atoms with Crippen LogP contribution in [0.15, 0.2) is 18.5 Å². The fourth-order valence-electron chi connectivity index (χ4n) is 2.14. The van der Waals surface area contributed by atoms with Gasteiger partial charge in [-0.1, -0.05) is 0 Å². The van der Waals surface area contributed by atoms with Gasteiger partial charge in [0.15, 0.2) is 0 Å². The Hall–Kier alpha value is -2.71. The van der Waals surface area contributed by atoms with Gasteiger partial charge in [0, 0.05) is 19.3 Å². The molecule has 21 heavy (non-hydrogen) atoms. The van der Waals surface area contributed by atoms with Gasteiger partial charge in [0.2, 0.25) is 0 Å². The van der Waals surface area contributed by atoms with E-state index < -0.39 is 22.3 Å². The molecule has 1 fully saturated rings. The minimum Gasteiger partial charge on any atom is -0.481 e. The number of carbonyl (C=O) groups is 2. The fourth-order valence-corrected chi connectivity index (χ4v) is 2.14. The average Bonchev–Trinajstić information content (AvgIpc) is 2.83. The van der Waals surface area contributed by atoms with Crippen LogP contribution in [0.5, 0.6) is 0 Å². The van der Waals surface area contributed by atoms with Crippen LogP contribution in [-0.2, 0) is 4.79 Å². The summed E-state index contributed by atoms with van der Waals surface area (Å²) in [6.45, 7) is 1.91. The van der Waals surface area contributed by atoms with Crippen molar-refractivity contribution in [2.75, 3.05) is 18.4 Å². The first-order valence-electron chi connectivity index (χ1n) is 6.21. The van der Waals surface area contributed by atoms with Gasteiger partial charge in [-0.05, 0) is 19.4 Å². The fraction of sp³-hybridized carbons (Fsp3) is 0.417. The van der Waals surface area contributed by atoms with Gasteiger partial charge in [-0.15, -0.1) is 0 Å². The molecule has 2 N–H and O–H groups in total. The molecule has 0 saturated carbocycles. The second-order valence-corrected chi connectivity index (χ2v) is 5.12. The molecule has 1 unspecified atom stereocenters. The van der Waals surface area contributed by atoms with E-state index in [9.17, 15) is 19.7 Å².